The first-order valence-electron chi connectivity index (χ1n) is 5.64. The van der Waals surface area contributed by atoms with Crippen LogP contribution in [0.1, 0.15) is 0 Å². The highest BCUT2D eigenvalue weighted by Gasteiger charge is 2.06. The first-order valence-corrected chi connectivity index (χ1v) is 6.01. The van der Waals surface area contributed by atoms with Gasteiger partial charge in [0, 0.05) is 39.4 Å². The maximum absolute atomic E-state index is 6.23. The number of halogens is 1. The minimum atomic E-state index is 0.724. The third-order valence-electron chi connectivity index (χ3n) is 3.02. The molecule has 0 atom stereocenters. The van der Waals surface area contributed by atoms with E-state index in [0.29, 0.717) is 0 Å². The summed E-state index contributed by atoms with van der Waals surface area (Å²) in [5.74, 6) is 0. The lowest BCUT2D eigenvalue weighted by Gasteiger charge is -2.09. The van der Waals surface area contributed by atoms with E-state index >= 15 is 0 Å². The second-order valence-electron chi connectivity index (χ2n) is 4.13. The van der Waals surface area contributed by atoms with Crippen molar-refractivity contribution in [1.82, 2.24) is 4.98 Å². The second kappa shape index (κ2) is 4.31. The van der Waals surface area contributed by atoms with Gasteiger partial charge in [0.1, 0.15) is 0 Å². The van der Waals surface area contributed by atoms with Gasteiger partial charge in [-0.15, -0.1) is 0 Å². The highest BCUT2D eigenvalue weighted by Crippen LogP contribution is 2.32. The SMILES string of the molecule is Nc1c(-c2ccc(Cl)cc2)ccc2cnccc12. The number of aromatic nitrogens is 1. The molecule has 0 spiro atoms. The van der Waals surface area contributed by atoms with E-state index in [1.54, 1.807) is 6.20 Å². The van der Waals surface area contributed by atoms with Gasteiger partial charge in [0.2, 0.25) is 0 Å². The standard InChI is InChI=1S/C15H11ClN2/c16-12-4-1-10(2-5-12)13-6-3-11-9-18-8-7-14(11)15(13)17/h1-9H,17H2. The number of nitrogens with zero attached hydrogens (tertiary/aromatic N) is 1. The van der Waals surface area contributed by atoms with Gasteiger partial charge in [-0.3, -0.25) is 4.98 Å². The molecule has 2 N–H and O–H groups in total. The van der Waals surface area contributed by atoms with Crippen LogP contribution in [0.4, 0.5) is 5.69 Å². The van der Waals surface area contributed by atoms with Gasteiger partial charge in [0.15, 0.2) is 0 Å². The summed E-state index contributed by atoms with van der Waals surface area (Å²) in [5, 5.41) is 2.80. The van der Waals surface area contributed by atoms with Gasteiger partial charge in [-0.1, -0.05) is 35.9 Å². The maximum Gasteiger partial charge on any atom is 0.0474 e. The number of hydrogen-bond acceptors (Lipinski definition) is 2. The lowest BCUT2D eigenvalue weighted by Crippen LogP contribution is -1.92. The molecule has 1 aromatic heterocycles. The molecule has 0 aliphatic rings. The lowest BCUT2D eigenvalue weighted by atomic mass is 10.00. The van der Waals surface area contributed by atoms with Crippen LogP contribution in [0.5, 0.6) is 0 Å². The molecule has 0 fully saturated rings. The summed E-state index contributed by atoms with van der Waals surface area (Å²) >= 11 is 5.89. The predicted octanol–water partition coefficient (Wildman–Crippen LogP) is 4.14. The third kappa shape index (κ3) is 1.81. The van der Waals surface area contributed by atoms with Crippen molar-refractivity contribution in [2.75, 3.05) is 5.73 Å². The Hall–Kier alpha value is -2.06. The van der Waals surface area contributed by atoms with E-state index in [0.717, 1.165) is 32.6 Å². The number of pyridine rings is 1. The lowest BCUT2D eigenvalue weighted by molar-refractivity contribution is 1.36. The number of fused-ring (bicyclic) bond motifs is 1. The van der Waals surface area contributed by atoms with Crippen LogP contribution in [0.25, 0.3) is 21.9 Å². The first kappa shape index (κ1) is 11.1. The van der Waals surface area contributed by atoms with E-state index in [-0.39, 0.29) is 0 Å². The molecule has 3 rings (SSSR count). The van der Waals surface area contributed by atoms with E-state index in [4.69, 9.17) is 17.3 Å². The molecule has 2 aromatic carbocycles. The molecule has 88 valence electrons. The molecule has 0 radical (unpaired) electrons. The Kier molecular flexibility index (Phi) is 2.65. The van der Waals surface area contributed by atoms with Crippen molar-refractivity contribution in [2.24, 2.45) is 0 Å². The van der Waals surface area contributed by atoms with Crippen molar-refractivity contribution in [3.05, 3.63) is 59.9 Å². The van der Waals surface area contributed by atoms with Crippen LogP contribution in [0.2, 0.25) is 5.02 Å². The van der Waals surface area contributed by atoms with E-state index in [2.05, 4.69) is 4.98 Å². The predicted molar refractivity (Wildman–Crippen MR) is 76.6 cm³/mol. The van der Waals surface area contributed by atoms with Crippen molar-refractivity contribution >= 4 is 28.1 Å². The van der Waals surface area contributed by atoms with E-state index in [1.807, 2.05) is 48.7 Å². The van der Waals surface area contributed by atoms with Crippen molar-refractivity contribution in [3.8, 4) is 11.1 Å². The largest absolute Gasteiger partial charge is 0.398 e. The molecule has 3 aromatic rings. The fourth-order valence-electron chi connectivity index (χ4n) is 2.07. The molecule has 1 heterocycles. The average molecular weight is 255 g/mol. The Balaban J connectivity index is 2.24. The normalized spacial score (nSPS) is 10.7. The first-order chi connectivity index (χ1) is 8.75. The van der Waals surface area contributed by atoms with Gasteiger partial charge in [-0.25, -0.2) is 0 Å². The molecule has 2 nitrogen and oxygen atoms in total. The number of nitrogen functional groups attached to an aromatic ring is 1. The summed E-state index contributed by atoms with van der Waals surface area (Å²) in [4.78, 5) is 4.09. The summed E-state index contributed by atoms with van der Waals surface area (Å²) in [6, 6.07) is 13.7. The van der Waals surface area contributed by atoms with Crippen LogP contribution in [0.3, 0.4) is 0 Å². The smallest absolute Gasteiger partial charge is 0.0474 e. The monoisotopic (exact) mass is 254 g/mol. The van der Waals surface area contributed by atoms with Gasteiger partial charge < -0.3 is 5.73 Å². The van der Waals surface area contributed by atoms with Crippen LogP contribution in [-0.4, -0.2) is 4.98 Å². The van der Waals surface area contributed by atoms with Crippen molar-refractivity contribution in [2.45, 2.75) is 0 Å². The second-order valence-corrected chi connectivity index (χ2v) is 4.57. The molecule has 0 aliphatic carbocycles. The molecule has 0 saturated carbocycles. The Labute approximate surface area is 110 Å². The fourth-order valence-corrected chi connectivity index (χ4v) is 2.20. The number of benzene rings is 2. The number of anilines is 1. The molecule has 0 aliphatic heterocycles. The van der Waals surface area contributed by atoms with Gasteiger partial charge in [-0.2, -0.15) is 0 Å². The van der Waals surface area contributed by atoms with E-state index in [9.17, 15) is 0 Å². The molecular formula is C15H11ClN2. The van der Waals surface area contributed by atoms with Gasteiger partial charge in [-0.05, 0) is 23.8 Å². The van der Waals surface area contributed by atoms with Crippen molar-refractivity contribution in [1.29, 1.82) is 0 Å². The number of rotatable bonds is 1. The van der Waals surface area contributed by atoms with Crippen molar-refractivity contribution < 1.29 is 0 Å². The Morgan fingerprint density at radius 1 is 0.944 bits per heavy atom. The van der Waals surface area contributed by atoms with Crippen LogP contribution < -0.4 is 5.73 Å². The summed E-state index contributed by atoms with van der Waals surface area (Å²) in [5.41, 5.74) is 9.09. The Bertz CT molecular complexity index is 705. The Morgan fingerprint density at radius 3 is 2.50 bits per heavy atom. The summed E-state index contributed by atoms with van der Waals surface area (Å²) in [6.07, 6.45) is 3.57. The maximum atomic E-state index is 6.23. The summed E-state index contributed by atoms with van der Waals surface area (Å²) in [7, 11) is 0. The summed E-state index contributed by atoms with van der Waals surface area (Å²) < 4.78 is 0. The molecule has 0 bridgehead atoms. The molecule has 18 heavy (non-hydrogen) atoms. The summed E-state index contributed by atoms with van der Waals surface area (Å²) in [6.45, 7) is 0. The minimum Gasteiger partial charge on any atom is -0.398 e. The van der Waals surface area contributed by atoms with E-state index in [1.165, 1.54) is 0 Å². The molecule has 0 saturated heterocycles. The van der Waals surface area contributed by atoms with Gasteiger partial charge in [0.05, 0.1) is 0 Å². The van der Waals surface area contributed by atoms with Gasteiger partial charge >= 0.3 is 0 Å². The van der Waals surface area contributed by atoms with E-state index < -0.39 is 0 Å². The van der Waals surface area contributed by atoms with Crippen LogP contribution in [0.15, 0.2) is 54.9 Å². The Morgan fingerprint density at radius 2 is 1.72 bits per heavy atom. The van der Waals surface area contributed by atoms with Crippen LogP contribution in [-0.2, 0) is 0 Å². The topological polar surface area (TPSA) is 38.9 Å². The minimum absolute atomic E-state index is 0.724. The molecule has 0 unspecified atom stereocenters. The molecular weight excluding hydrogens is 244 g/mol. The number of nitrogens with two attached hydrogens (primary N) is 1. The van der Waals surface area contributed by atoms with Gasteiger partial charge in [0.25, 0.3) is 0 Å². The quantitative estimate of drug-likeness (QED) is 0.663. The zero-order valence-electron chi connectivity index (χ0n) is 9.60. The zero-order valence-corrected chi connectivity index (χ0v) is 10.4. The number of hydrogen-bond donors (Lipinski definition) is 1. The third-order valence-corrected chi connectivity index (χ3v) is 3.27. The highest BCUT2D eigenvalue weighted by atomic mass is 35.5. The van der Waals surface area contributed by atoms with Crippen molar-refractivity contribution in [3.63, 3.8) is 0 Å². The average Bonchev–Trinajstić information content (AvgIpc) is 2.41. The van der Waals surface area contributed by atoms with Crippen LogP contribution in [0, 0.1) is 0 Å². The fraction of sp³-hybridized carbons (Fsp3) is 0. The van der Waals surface area contributed by atoms with Crippen LogP contribution >= 0.6 is 11.6 Å². The molecule has 3 heteroatoms. The highest BCUT2D eigenvalue weighted by molar-refractivity contribution is 6.30. The molecule has 0 amide bonds. The zero-order chi connectivity index (χ0) is 12.5.